The van der Waals surface area contributed by atoms with Gasteiger partial charge in [0, 0.05) is 25.7 Å². The van der Waals surface area contributed by atoms with Crippen molar-refractivity contribution in [3.63, 3.8) is 0 Å². The maximum atomic E-state index is 12.5. The fourth-order valence-corrected chi connectivity index (χ4v) is 3.88. The van der Waals surface area contributed by atoms with Crippen LogP contribution >= 0.6 is 24.2 Å². The number of carbonyl (C=O) groups excluding carboxylic acids is 2. The van der Waals surface area contributed by atoms with Crippen molar-refractivity contribution in [1.29, 1.82) is 0 Å². The zero-order valence-corrected chi connectivity index (χ0v) is 16.1. The highest BCUT2D eigenvalue weighted by Gasteiger charge is 2.25. The van der Waals surface area contributed by atoms with Gasteiger partial charge >= 0.3 is 0 Å². The SMILES string of the molecule is CCCN(C(=O)CSCC(=O)N1CCOCC1)C1CCNCC1.Cl. The van der Waals surface area contributed by atoms with Gasteiger partial charge in [-0.3, -0.25) is 9.59 Å². The van der Waals surface area contributed by atoms with E-state index in [-0.39, 0.29) is 24.2 Å². The lowest BCUT2D eigenvalue weighted by Gasteiger charge is -2.34. The van der Waals surface area contributed by atoms with Crippen molar-refractivity contribution in [2.75, 3.05) is 57.4 Å². The second-order valence-electron chi connectivity index (χ2n) is 6.05. The molecule has 2 heterocycles. The lowest BCUT2D eigenvalue weighted by molar-refractivity contribution is -0.132. The molecule has 2 saturated heterocycles. The Kier molecular flexibility index (Phi) is 10.7. The molecule has 0 aliphatic carbocycles. The smallest absolute Gasteiger partial charge is 0.232 e. The van der Waals surface area contributed by atoms with E-state index in [2.05, 4.69) is 12.2 Å². The Morgan fingerprint density at radius 1 is 1.21 bits per heavy atom. The second-order valence-corrected chi connectivity index (χ2v) is 7.04. The van der Waals surface area contributed by atoms with Gasteiger partial charge in [-0.05, 0) is 32.4 Å². The molecule has 0 bridgehead atoms. The molecule has 0 aromatic rings. The Labute approximate surface area is 155 Å². The van der Waals surface area contributed by atoms with Crippen LogP contribution < -0.4 is 5.32 Å². The molecular formula is C16H30ClN3O3S. The summed E-state index contributed by atoms with van der Waals surface area (Å²) < 4.78 is 5.25. The summed E-state index contributed by atoms with van der Waals surface area (Å²) in [6, 6.07) is 0.360. The number of carbonyl (C=O) groups is 2. The van der Waals surface area contributed by atoms with Crippen molar-refractivity contribution >= 4 is 36.0 Å². The number of thioether (sulfide) groups is 1. The number of piperidine rings is 1. The standard InChI is InChI=1S/C16H29N3O3S.ClH/c1-2-7-19(14-3-5-17-6-4-14)16(21)13-23-12-15(20)18-8-10-22-11-9-18;/h14,17H,2-13H2,1H3;1H. The number of hydrogen-bond acceptors (Lipinski definition) is 5. The lowest BCUT2D eigenvalue weighted by atomic mass is 10.0. The van der Waals surface area contributed by atoms with E-state index in [1.54, 1.807) is 0 Å². The van der Waals surface area contributed by atoms with E-state index < -0.39 is 0 Å². The van der Waals surface area contributed by atoms with Crippen molar-refractivity contribution in [3.05, 3.63) is 0 Å². The van der Waals surface area contributed by atoms with E-state index in [9.17, 15) is 9.59 Å². The van der Waals surface area contributed by atoms with Crippen molar-refractivity contribution in [2.45, 2.75) is 32.2 Å². The van der Waals surface area contributed by atoms with Crippen LogP contribution in [0, 0.1) is 0 Å². The Bertz CT molecular complexity index is 389. The van der Waals surface area contributed by atoms with Crippen molar-refractivity contribution in [3.8, 4) is 0 Å². The number of amides is 2. The van der Waals surface area contributed by atoms with Crippen LogP contribution in [0.2, 0.25) is 0 Å². The van der Waals surface area contributed by atoms with Gasteiger partial charge in [0.2, 0.25) is 11.8 Å². The van der Waals surface area contributed by atoms with Crippen molar-refractivity contribution in [2.24, 2.45) is 0 Å². The molecule has 2 aliphatic rings. The molecule has 1 N–H and O–H groups in total. The largest absolute Gasteiger partial charge is 0.378 e. The third kappa shape index (κ3) is 6.78. The lowest BCUT2D eigenvalue weighted by Crippen LogP contribution is -2.47. The summed E-state index contributed by atoms with van der Waals surface area (Å²) in [6.45, 7) is 7.49. The third-order valence-corrected chi connectivity index (χ3v) is 5.25. The third-order valence-electron chi connectivity index (χ3n) is 4.35. The van der Waals surface area contributed by atoms with E-state index >= 15 is 0 Å². The first kappa shape index (κ1) is 21.5. The van der Waals surface area contributed by atoms with Crippen molar-refractivity contribution < 1.29 is 14.3 Å². The van der Waals surface area contributed by atoms with Crippen LogP contribution in [0.3, 0.4) is 0 Å². The van der Waals surface area contributed by atoms with Crippen LogP contribution in [-0.2, 0) is 14.3 Å². The monoisotopic (exact) mass is 379 g/mol. The van der Waals surface area contributed by atoms with Gasteiger partial charge < -0.3 is 19.9 Å². The minimum Gasteiger partial charge on any atom is -0.378 e. The van der Waals surface area contributed by atoms with Gasteiger partial charge in [-0.15, -0.1) is 24.2 Å². The molecule has 6 nitrogen and oxygen atoms in total. The number of morpholine rings is 1. The first-order valence-corrected chi connectivity index (χ1v) is 9.81. The molecular weight excluding hydrogens is 350 g/mol. The minimum absolute atomic E-state index is 0. The predicted molar refractivity (Wildman–Crippen MR) is 99.9 cm³/mol. The molecule has 0 radical (unpaired) electrons. The first-order chi connectivity index (χ1) is 11.2. The van der Waals surface area contributed by atoms with Gasteiger partial charge in [0.15, 0.2) is 0 Å². The van der Waals surface area contributed by atoms with Gasteiger partial charge in [0.25, 0.3) is 0 Å². The highest BCUT2D eigenvalue weighted by atomic mass is 35.5. The zero-order valence-electron chi connectivity index (χ0n) is 14.5. The molecule has 140 valence electrons. The summed E-state index contributed by atoms with van der Waals surface area (Å²) in [5.41, 5.74) is 0. The highest BCUT2D eigenvalue weighted by molar-refractivity contribution is 8.00. The summed E-state index contributed by atoms with van der Waals surface area (Å²) >= 11 is 1.44. The van der Waals surface area contributed by atoms with Gasteiger partial charge in [0.1, 0.15) is 0 Å². The van der Waals surface area contributed by atoms with Crippen LogP contribution in [0.25, 0.3) is 0 Å². The fraction of sp³-hybridized carbons (Fsp3) is 0.875. The quantitative estimate of drug-likeness (QED) is 0.714. The molecule has 0 aromatic heterocycles. The van der Waals surface area contributed by atoms with E-state index in [0.29, 0.717) is 43.9 Å². The number of ether oxygens (including phenoxy) is 1. The number of nitrogens with zero attached hydrogens (tertiary/aromatic N) is 2. The van der Waals surface area contributed by atoms with E-state index in [1.807, 2.05) is 9.80 Å². The zero-order chi connectivity index (χ0) is 16.5. The maximum absolute atomic E-state index is 12.5. The second kappa shape index (κ2) is 12.0. The van der Waals surface area contributed by atoms with Gasteiger partial charge in [-0.2, -0.15) is 0 Å². The molecule has 0 aromatic carbocycles. The highest BCUT2D eigenvalue weighted by Crippen LogP contribution is 2.15. The summed E-state index contributed by atoms with van der Waals surface area (Å²) in [4.78, 5) is 28.5. The molecule has 8 heteroatoms. The summed E-state index contributed by atoms with van der Waals surface area (Å²) in [7, 11) is 0. The minimum atomic E-state index is 0. The summed E-state index contributed by atoms with van der Waals surface area (Å²) in [5, 5.41) is 3.34. The molecule has 0 spiro atoms. The molecule has 0 atom stereocenters. The summed E-state index contributed by atoms with van der Waals surface area (Å²) in [6.07, 6.45) is 3.04. The normalized spacial score (nSPS) is 18.8. The van der Waals surface area contributed by atoms with Gasteiger partial charge in [0.05, 0.1) is 24.7 Å². The maximum Gasteiger partial charge on any atom is 0.232 e. The van der Waals surface area contributed by atoms with Crippen LogP contribution in [0.1, 0.15) is 26.2 Å². The molecule has 24 heavy (non-hydrogen) atoms. The average molecular weight is 380 g/mol. The Morgan fingerprint density at radius 2 is 1.88 bits per heavy atom. The van der Waals surface area contributed by atoms with E-state index in [1.165, 1.54) is 11.8 Å². The molecule has 2 fully saturated rings. The number of nitrogens with one attached hydrogen (secondary N) is 1. The molecule has 0 saturated carbocycles. The Morgan fingerprint density at radius 3 is 2.50 bits per heavy atom. The number of hydrogen-bond donors (Lipinski definition) is 1. The summed E-state index contributed by atoms with van der Waals surface area (Å²) in [5.74, 6) is 1.09. The average Bonchev–Trinajstić information content (AvgIpc) is 2.61. The topological polar surface area (TPSA) is 61.9 Å². The Hall–Kier alpha value is -0.500. The van der Waals surface area contributed by atoms with E-state index in [0.717, 1.165) is 38.9 Å². The van der Waals surface area contributed by atoms with Gasteiger partial charge in [-0.1, -0.05) is 6.92 Å². The van der Waals surface area contributed by atoms with E-state index in [4.69, 9.17) is 4.74 Å². The molecule has 2 aliphatic heterocycles. The Balaban J connectivity index is 0.00000288. The predicted octanol–water partition coefficient (Wildman–Crippen LogP) is 0.991. The molecule has 2 rings (SSSR count). The first-order valence-electron chi connectivity index (χ1n) is 8.65. The fourth-order valence-electron chi connectivity index (χ4n) is 3.08. The van der Waals surface area contributed by atoms with Crippen LogP contribution in [0.15, 0.2) is 0 Å². The van der Waals surface area contributed by atoms with Crippen LogP contribution in [0.5, 0.6) is 0 Å². The number of halogens is 1. The van der Waals surface area contributed by atoms with Crippen LogP contribution in [-0.4, -0.2) is 85.1 Å². The molecule has 2 amide bonds. The molecule has 0 unspecified atom stereocenters. The number of rotatable bonds is 7. The van der Waals surface area contributed by atoms with Gasteiger partial charge in [-0.25, -0.2) is 0 Å². The van der Waals surface area contributed by atoms with Crippen LogP contribution in [0.4, 0.5) is 0 Å². The van der Waals surface area contributed by atoms with Crippen molar-refractivity contribution in [1.82, 2.24) is 15.1 Å².